The van der Waals surface area contributed by atoms with Gasteiger partial charge in [-0.1, -0.05) is 31.9 Å². The van der Waals surface area contributed by atoms with E-state index in [1.54, 1.807) is 7.11 Å². The van der Waals surface area contributed by atoms with E-state index in [-0.39, 0.29) is 0 Å². The summed E-state index contributed by atoms with van der Waals surface area (Å²) < 4.78 is 5.34. The van der Waals surface area contributed by atoms with Crippen LogP contribution in [0.5, 0.6) is 5.75 Å². The molecule has 144 valence electrons. The van der Waals surface area contributed by atoms with Gasteiger partial charge in [0, 0.05) is 42.9 Å². The van der Waals surface area contributed by atoms with E-state index in [4.69, 9.17) is 4.74 Å². The van der Waals surface area contributed by atoms with E-state index < -0.39 is 0 Å². The Morgan fingerprint density at radius 1 is 1.04 bits per heavy atom. The standard InChI is InChI=1S/C23H31N3O/c1-3-6-21-24-13-16(14-25-21)15-26-23-20-8-5-4-7-19(20)22(23)17-9-11-18(27-2)12-10-17/h9-14,19-20,22-23,26H,3-8,15H2,1-2H3/t19-,20-,22+,23+/m1/s1. The largest absolute Gasteiger partial charge is 0.497 e. The molecule has 2 aromatic rings. The lowest BCUT2D eigenvalue weighted by atomic mass is 9.53. The van der Waals surface area contributed by atoms with Gasteiger partial charge in [-0.3, -0.25) is 0 Å². The van der Waals surface area contributed by atoms with Gasteiger partial charge >= 0.3 is 0 Å². The highest BCUT2D eigenvalue weighted by Crippen LogP contribution is 2.54. The van der Waals surface area contributed by atoms with Crippen molar-refractivity contribution in [1.82, 2.24) is 15.3 Å². The molecular weight excluding hydrogens is 334 g/mol. The van der Waals surface area contributed by atoms with Crippen LogP contribution in [-0.2, 0) is 13.0 Å². The number of hydrogen-bond donors (Lipinski definition) is 1. The van der Waals surface area contributed by atoms with E-state index in [1.165, 1.54) is 36.8 Å². The van der Waals surface area contributed by atoms with Crippen LogP contribution in [0.4, 0.5) is 0 Å². The summed E-state index contributed by atoms with van der Waals surface area (Å²) in [4.78, 5) is 9.01. The van der Waals surface area contributed by atoms with Crippen molar-refractivity contribution < 1.29 is 4.74 Å². The molecule has 1 aromatic carbocycles. The average molecular weight is 366 g/mol. The van der Waals surface area contributed by atoms with E-state index in [1.807, 2.05) is 12.4 Å². The minimum Gasteiger partial charge on any atom is -0.497 e. The Hall–Kier alpha value is -1.94. The number of rotatable bonds is 7. The Morgan fingerprint density at radius 2 is 1.74 bits per heavy atom. The summed E-state index contributed by atoms with van der Waals surface area (Å²) in [5.41, 5.74) is 2.63. The molecule has 27 heavy (non-hydrogen) atoms. The quantitative estimate of drug-likeness (QED) is 0.785. The number of fused-ring (bicyclic) bond motifs is 1. The van der Waals surface area contributed by atoms with E-state index in [2.05, 4.69) is 46.5 Å². The molecule has 4 atom stereocenters. The number of aryl methyl sites for hydroxylation is 1. The number of ether oxygens (including phenoxy) is 1. The zero-order valence-electron chi connectivity index (χ0n) is 16.5. The fourth-order valence-electron chi connectivity index (χ4n) is 5.09. The minimum absolute atomic E-state index is 0.555. The van der Waals surface area contributed by atoms with E-state index >= 15 is 0 Å². The molecule has 2 aliphatic rings. The van der Waals surface area contributed by atoms with Crippen molar-refractivity contribution in [2.75, 3.05) is 7.11 Å². The first-order valence-corrected chi connectivity index (χ1v) is 10.5. The monoisotopic (exact) mass is 365 g/mol. The Labute approximate surface area is 162 Å². The molecule has 0 unspecified atom stereocenters. The number of methoxy groups -OCH3 is 1. The van der Waals surface area contributed by atoms with Gasteiger partial charge in [0.1, 0.15) is 11.6 Å². The fraction of sp³-hybridized carbons (Fsp3) is 0.565. The maximum absolute atomic E-state index is 5.34. The molecular formula is C23H31N3O. The summed E-state index contributed by atoms with van der Waals surface area (Å²) in [5.74, 6) is 4.14. The van der Waals surface area contributed by atoms with Crippen molar-refractivity contribution in [2.24, 2.45) is 11.8 Å². The van der Waals surface area contributed by atoms with Crippen molar-refractivity contribution in [3.8, 4) is 5.75 Å². The van der Waals surface area contributed by atoms with Gasteiger partial charge in [-0.25, -0.2) is 9.97 Å². The summed E-state index contributed by atoms with van der Waals surface area (Å²) in [7, 11) is 1.73. The Bertz CT molecular complexity index is 728. The first-order valence-electron chi connectivity index (χ1n) is 10.5. The summed E-state index contributed by atoms with van der Waals surface area (Å²) in [5, 5.41) is 3.85. The molecule has 1 heterocycles. The molecule has 0 amide bonds. The number of hydrogen-bond acceptors (Lipinski definition) is 4. The van der Waals surface area contributed by atoms with E-state index in [0.717, 1.165) is 42.8 Å². The molecule has 4 nitrogen and oxygen atoms in total. The van der Waals surface area contributed by atoms with E-state index in [9.17, 15) is 0 Å². The Balaban J connectivity index is 1.45. The van der Waals surface area contributed by atoms with Crippen LogP contribution in [0.3, 0.4) is 0 Å². The molecule has 1 N–H and O–H groups in total. The second-order valence-corrected chi connectivity index (χ2v) is 8.08. The van der Waals surface area contributed by atoms with Crippen LogP contribution in [0.25, 0.3) is 0 Å². The maximum Gasteiger partial charge on any atom is 0.128 e. The number of benzene rings is 1. The predicted octanol–water partition coefficient (Wildman–Crippen LogP) is 4.50. The Kier molecular flexibility index (Phi) is 5.72. The molecule has 1 aromatic heterocycles. The normalized spacial score (nSPS) is 26.9. The van der Waals surface area contributed by atoms with Gasteiger partial charge in [-0.15, -0.1) is 0 Å². The van der Waals surface area contributed by atoms with Gasteiger partial charge in [-0.2, -0.15) is 0 Å². The molecule has 0 aliphatic heterocycles. The molecule has 0 spiro atoms. The second-order valence-electron chi connectivity index (χ2n) is 8.08. The van der Waals surface area contributed by atoms with Crippen molar-refractivity contribution in [3.63, 3.8) is 0 Å². The van der Waals surface area contributed by atoms with Crippen LogP contribution in [0.15, 0.2) is 36.7 Å². The van der Waals surface area contributed by atoms with Gasteiger partial charge < -0.3 is 10.1 Å². The first-order chi connectivity index (χ1) is 13.3. The summed E-state index contributed by atoms with van der Waals surface area (Å²) >= 11 is 0. The van der Waals surface area contributed by atoms with Crippen LogP contribution in [0.2, 0.25) is 0 Å². The molecule has 0 radical (unpaired) electrons. The average Bonchev–Trinajstić information content (AvgIpc) is 2.71. The highest BCUT2D eigenvalue weighted by molar-refractivity contribution is 5.33. The SMILES string of the molecule is CCCc1ncc(CN[C@H]2[C@@H]3CCCC[C@H]3[C@@H]2c2ccc(OC)cc2)cn1. The highest BCUT2D eigenvalue weighted by atomic mass is 16.5. The summed E-state index contributed by atoms with van der Waals surface area (Å²) in [6.45, 7) is 3.02. The third kappa shape index (κ3) is 3.86. The predicted molar refractivity (Wildman–Crippen MR) is 108 cm³/mol. The molecule has 2 saturated carbocycles. The van der Waals surface area contributed by atoms with Crippen LogP contribution >= 0.6 is 0 Å². The number of aromatic nitrogens is 2. The van der Waals surface area contributed by atoms with E-state index in [0.29, 0.717) is 12.0 Å². The Morgan fingerprint density at radius 3 is 2.41 bits per heavy atom. The topological polar surface area (TPSA) is 47.0 Å². The van der Waals surface area contributed by atoms with Crippen molar-refractivity contribution in [3.05, 3.63) is 53.6 Å². The van der Waals surface area contributed by atoms with Crippen LogP contribution in [0, 0.1) is 11.8 Å². The molecule has 0 bridgehead atoms. The van der Waals surface area contributed by atoms with Crippen LogP contribution in [0.1, 0.15) is 61.9 Å². The smallest absolute Gasteiger partial charge is 0.128 e. The lowest BCUT2D eigenvalue weighted by Crippen LogP contribution is -2.57. The second kappa shape index (κ2) is 8.39. The first kappa shape index (κ1) is 18.4. The van der Waals surface area contributed by atoms with Gasteiger partial charge in [0.05, 0.1) is 7.11 Å². The summed E-state index contributed by atoms with van der Waals surface area (Å²) in [6.07, 6.45) is 11.5. The van der Waals surface area contributed by atoms with Crippen LogP contribution in [-0.4, -0.2) is 23.1 Å². The molecule has 2 fully saturated rings. The highest BCUT2D eigenvalue weighted by Gasteiger charge is 2.50. The lowest BCUT2D eigenvalue weighted by Gasteiger charge is -2.55. The fourth-order valence-corrected chi connectivity index (χ4v) is 5.09. The maximum atomic E-state index is 5.34. The van der Waals surface area contributed by atoms with Crippen molar-refractivity contribution in [2.45, 2.75) is 64.0 Å². The minimum atomic E-state index is 0.555. The van der Waals surface area contributed by atoms with Gasteiger partial charge in [0.25, 0.3) is 0 Å². The van der Waals surface area contributed by atoms with Gasteiger partial charge in [0.15, 0.2) is 0 Å². The third-order valence-corrected chi connectivity index (χ3v) is 6.46. The molecule has 4 rings (SSSR count). The lowest BCUT2D eigenvalue weighted by molar-refractivity contribution is 0.0253. The molecule has 0 saturated heterocycles. The number of nitrogens with zero attached hydrogens (tertiary/aromatic N) is 2. The molecule has 4 heteroatoms. The zero-order valence-corrected chi connectivity index (χ0v) is 16.5. The van der Waals surface area contributed by atoms with Crippen LogP contribution < -0.4 is 10.1 Å². The summed E-state index contributed by atoms with van der Waals surface area (Å²) in [6, 6.07) is 9.27. The van der Waals surface area contributed by atoms with Gasteiger partial charge in [-0.05, 0) is 48.8 Å². The zero-order chi connectivity index (χ0) is 18.6. The van der Waals surface area contributed by atoms with Crippen molar-refractivity contribution >= 4 is 0 Å². The molecule has 2 aliphatic carbocycles. The third-order valence-electron chi connectivity index (χ3n) is 6.46. The number of nitrogens with one attached hydrogen (secondary N) is 1. The van der Waals surface area contributed by atoms with Gasteiger partial charge in [0.2, 0.25) is 0 Å². The van der Waals surface area contributed by atoms with Crippen molar-refractivity contribution in [1.29, 1.82) is 0 Å².